The largest absolute Gasteiger partial charge is 0.478 e. The molecule has 3 aliphatic heterocycles. The molecule has 8 nitrogen and oxygen atoms in total. The number of benzene rings is 2. The van der Waals surface area contributed by atoms with E-state index in [1.54, 1.807) is 13.0 Å². The summed E-state index contributed by atoms with van der Waals surface area (Å²) in [5, 5.41) is 2.80. The third kappa shape index (κ3) is 4.43. The number of ether oxygens (including phenoxy) is 1. The molecule has 3 aliphatic rings. The van der Waals surface area contributed by atoms with Crippen molar-refractivity contribution in [2.45, 2.75) is 57.1 Å². The van der Waals surface area contributed by atoms with E-state index in [-0.39, 0.29) is 29.2 Å². The molecule has 2 aromatic carbocycles. The van der Waals surface area contributed by atoms with Gasteiger partial charge < -0.3 is 15.0 Å². The van der Waals surface area contributed by atoms with Gasteiger partial charge in [-0.25, -0.2) is 8.42 Å². The summed E-state index contributed by atoms with van der Waals surface area (Å²) >= 11 is 0. The van der Waals surface area contributed by atoms with E-state index in [2.05, 4.69) is 17.4 Å². The van der Waals surface area contributed by atoms with Crippen LogP contribution in [0, 0.1) is 12.8 Å². The number of nitrogens with zero attached hydrogens (tertiary/aromatic N) is 2. The Morgan fingerprint density at radius 3 is 2.71 bits per heavy atom. The fourth-order valence-electron chi connectivity index (χ4n) is 5.27. The highest BCUT2D eigenvalue weighted by Crippen LogP contribution is 2.37. The maximum Gasteiger partial charge on any atom is 0.265 e. The van der Waals surface area contributed by atoms with Crippen LogP contribution in [0.15, 0.2) is 41.3 Å². The van der Waals surface area contributed by atoms with E-state index in [0.717, 1.165) is 12.0 Å². The van der Waals surface area contributed by atoms with Crippen molar-refractivity contribution in [2.75, 3.05) is 25.0 Å². The summed E-state index contributed by atoms with van der Waals surface area (Å²) in [5.74, 6) is -0.204. The third-order valence-corrected chi connectivity index (χ3v) is 9.27. The number of anilines is 1. The quantitative estimate of drug-likeness (QED) is 0.700. The number of nitrogens with one attached hydrogen (secondary N) is 1. The van der Waals surface area contributed by atoms with E-state index >= 15 is 0 Å². The Labute approximate surface area is 206 Å². The molecule has 35 heavy (non-hydrogen) atoms. The van der Waals surface area contributed by atoms with Crippen molar-refractivity contribution in [1.82, 2.24) is 9.21 Å². The molecule has 0 radical (unpaired) electrons. The molecule has 2 atom stereocenters. The van der Waals surface area contributed by atoms with Crippen molar-refractivity contribution in [2.24, 2.45) is 5.92 Å². The standard InChI is InChI=1S/C26H31N3O5S/c1-3-22-25(30)27-21-13-17(2)24(14-23(21)34-22)35(32,33)29-11-6-9-20(16-29)26(31)28-12-10-18-7-4-5-8-19(18)15-28/h4-5,7-8,13-14,20,22H,3,6,9-12,15-16H2,1-2H3,(H,27,30)/t20-,22+/m0/s1. The third-order valence-electron chi connectivity index (χ3n) is 7.26. The second-order valence-electron chi connectivity index (χ2n) is 9.60. The van der Waals surface area contributed by atoms with Crippen molar-refractivity contribution < 1.29 is 22.7 Å². The first kappa shape index (κ1) is 23.8. The fourth-order valence-corrected chi connectivity index (χ4v) is 7.02. The minimum atomic E-state index is -3.84. The summed E-state index contributed by atoms with van der Waals surface area (Å²) in [6.45, 7) is 5.33. The van der Waals surface area contributed by atoms with Gasteiger partial charge in [-0.2, -0.15) is 4.31 Å². The molecule has 0 saturated carbocycles. The summed E-state index contributed by atoms with van der Waals surface area (Å²) in [6, 6.07) is 11.3. The lowest BCUT2D eigenvalue weighted by molar-refractivity contribution is -0.137. The van der Waals surface area contributed by atoms with Gasteiger partial charge in [-0.1, -0.05) is 31.2 Å². The Balaban J connectivity index is 1.35. The lowest BCUT2D eigenvalue weighted by atomic mass is 9.95. The number of carbonyl (C=O) groups excluding carboxylic acids is 2. The van der Waals surface area contributed by atoms with Crippen molar-refractivity contribution in [3.8, 4) is 5.75 Å². The Hall–Kier alpha value is -2.91. The normalized spacial score (nSPS) is 22.6. The number of aryl methyl sites for hydroxylation is 1. The van der Waals surface area contributed by atoms with E-state index in [4.69, 9.17) is 4.74 Å². The van der Waals surface area contributed by atoms with E-state index in [9.17, 15) is 18.0 Å². The van der Waals surface area contributed by atoms with Crippen LogP contribution in [0.2, 0.25) is 0 Å². The van der Waals surface area contributed by atoms with E-state index in [1.165, 1.54) is 15.9 Å². The summed E-state index contributed by atoms with van der Waals surface area (Å²) < 4.78 is 34.6. The Morgan fingerprint density at radius 2 is 1.94 bits per heavy atom. The smallest absolute Gasteiger partial charge is 0.265 e. The van der Waals surface area contributed by atoms with Gasteiger partial charge in [-0.05, 0) is 55.4 Å². The highest BCUT2D eigenvalue weighted by atomic mass is 32.2. The maximum atomic E-state index is 13.7. The average molecular weight is 498 g/mol. The number of rotatable bonds is 4. The Kier molecular flexibility index (Phi) is 6.31. The molecule has 0 unspecified atom stereocenters. The van der Waals surface area contributed by atoms with Gasteiger partial charge in [0.2, 0.25) is 15.9 Å². The highest BCUT2D eigenvalue weighted by Gasteiger charge is 2.37. The van der Waals surface area contributed by atoms with Crippen LogP contribution in [0.25, 0.3) is 0 Å². The monoisotopic (exact) mass is 497 g/mol. The molecule has 0 aliphatic carbocycles. The zero-order chi connectivity index (χ0) is 24.7. The van der Waals surface area contributed by atoms with Gasteiger partial charge in [0.25, 0.3) is 5.91 Å². The molecular weight excluding hydrogens is 466 g/mol. The number of hydrogen-bond acceptors (Lipinski definition) is 5. The molecule has 3 heterocycles. The van der Waals surface area contributed by atoms with Gasteiger partial charge in [-0.3, -0.25) is 9.59 Å². The lowest BCUT2D eigenvalue weighted by Crippen LogP contribution is -2.47. The molecule has 1 fully saturated rings. The predicted octanol–water partition coefficient (Wildman–Crippen LogP) is 3.09. The minimum absolute atomic E-state index is 0.0263. The topological polar surface area (TPSA) is 96.0 Å². The number of carbonyl (C=O) groups is 2. The molecule has 0 spiro atoms. The molecule has 0 bridgehead atoms. The number of piperidine rings is 1. The first-order chi connectivity index (χ1) is 16.8. The highest BCUT2D eigenvalue weighted by molar-refractivity contribution is 7.89. The van der Waals surface area contributed by atoms with Crippen LogP contribution >= 0.6 is 0 Å². The Bertz CT molecular complexity index is 1280. The van der Waals surface area contributed by atoms with Crippen molar-refractivity contribution >= 4 is 27.5 Å². The van der Waals surface area contributed by atoms with Gasteiger partial charge in [0, 0.05) is 32.2 Å². The summed E-state index contributed by atoms with van der Waals surface area (Å²) in [7, 11) is -3.84. The molecule has 1 N–H and O–H groups in total. The van der Waals surface area contributed by atoms with Crippen LogP contribution in [0.3, 0.4) is 0 Å². The van der Waals surface area contributed by atoms with E-state index < -0.39 is 16.1 Å². The number of sulfonamides is 1. The first-order valence-electron chi connectivity index (χ1n) is 12.3. The molecule has 9 heteroatoms. The second kappa shape index (κ2) is 9.28. The van der Waals surface area contributed by atoms with Crippen molar-refractivity contribution in [1.29, 1.82) is 0 Å². The fraction of sp³-hybridized carbons (Fsp3) is 0.462. The van der Waals surface area contributed by atoms with Crippen LogP contribution in [-0.4, -0.2) is 55.2 Å². The summed E-state index contributed by atoms with van der Waals surface area (Å²) in [5.41, 5.74) is 3.45. The number of amides is 2. The SMILES string of the molecule is CC[C@H]1Oc2cc(S(=O)(=O)N3CCC[C@H](C(=O)N4CCc5ccccc5C4)C3)c(C)cc2NC1=O. The molecule has 2 amide bonds. The first-order valence-corrected chi connectivity index (χ1v) is 13.7. The van der Waals surface area contributed by atoms with E-state index in [0.29, 0.717) is 55.9 Å². The zero-order valence-corrected chi connectivity index (χ0v) is 20.9. The predicted molar refractivity (Wildman–Crippen MR) is 132 cm³/mol. The van der Waals surface area contributed by atoms with Crippen molar-refractivity contribution in [3.63, 3.8) is 0 Å². The zero-order valence-electron chi connectivity index (χ0n) is 20.1. The van der Waals surface area contributed by atoms with Crippen LogP contribution in [-0.2, 0) is 32.6 Å². The van der Waals surface area contributed by atoms with Crippen molar-refractivity contribution in [3.05, 3.63) is 53.1 Å². The van der Waals surface area contributed by atoms with Crippen LogP contribution < -0.4 is 10.1 Å². The van der Waals surface area contributed by atoms with Gasteiger partial charge in [0.15, 0.2) is 6.10 Å². The van der Waals surface area contributed by atoms with Gasteiger partial charge in [0.1, 0.15) is 5.75 Å². The minimum Gasteiger partial charge on any atom is -0.478 e. The van der Waals surface area contributed by atoms with Crippen LogP contribution in [0.1, 0.15) is 42.9 Å². The molecule has 186 valence electrons. The Morgan fingerprint density at radius 1 is 1.17 bits per heavy atom. The maximum absolute atomic E-state index is 13.7. The molecular formula is C26H31N3O5S. The van der Waals surface area contributed by atoms with Crippen LogP contribution in [0.4, 0.5) is 5.69 Å². The molecule has 5 rings (SSSR count). The lowest BCUT2D eigenvalue weighted by Gasteiger charge is -2.36. The van der Waals surface area contributed by atoms with Gasteiger partial charge in [-0.15, -0.1) is 0 Å². The molecule has 2 aromatic rings. The number of fused-ring (bicyclic) bond motifs is 2. The summed E-state index contributed by atoms with van der Waals surface area (Å²) in [6.07, 6.45) is 1.97. The van der Waals surface area contributed by atoms with Gasteiger partial charge in [0.05, 0.1) is 16.5 Å². The number of hydrogen-bond donors (Lipinski definition) is 1. The van der Waals surface area contributed by atoms with E-state index in [1.807, 2.05) is 24.0 Å². The van der Waals surface area contributed by atoms with Gasteiger partial charge >= 0.3 is 0 Å². The molecule has 0 aromatic heterocycles. The van der Waals surface area contributed by atoms with Crippen LogP contribution in [0.5, 0.6) is 5.75 Å². The summed E-state index contributed by atoms with van der Waals surface area (Å²) in [4.78, 5) is 27.5. The second-order valence-corrected chi connectivity index (χ2v) is 11.5. The molecule has 1 saturated heterocycles. The average Bonchev–Trinajstić information content (AvgIpc) is 2.87.